The summed E-state index contributed by atoms with van der Waals surface area (Å²) in [6.07, 6.45) is 2.14. The molecule has 1 aromatic heterocycles. The molecule has 2 N–H and O–H groups in total. The van der Waals surface area contributed by atoms with E-state index in [0.29, 0.717) is 34.8 Å². The lowest BCUT2D eigenvalue weighted by Gasteiger charge is -2.08. The SMILES string of the molecule is Cc1cc(Oc2cc(N)nc(C3CC3)n2)ccc1[N+](=O)[O-]. The molecule has 0 atom stereocenters. The number of nitrogens with two attached hydrogens (primary N) is 1. The van der Waals surface area contributed by atoms with Crippen molar-refractivity contribution in [1.82, 2.24) is 9.97 Å². The van der Waals surface area contributed by atoms with Crippen LogP contribution in [0.1, 0.15) is 30.1 Å². The Morgan fingerprint density at radius 2 is 2.10 bits per heavy atom. The van der Waals surface area contributed by atoms with Gasteiger partial charge in [0.1, 0.15) is 17.4 Å². The predicted molar refractivity (Wildman–Crippen MR) is 76.3 cm³/mol. The molecule has 0 bridgehead atoms. The molecular formula is C14H14N4O3. The Morgan fingerprint density at radius 3 is 2.71 bits per heavy atom. The zero-order valence-corrected chi connectivity index (χ0v) is 11.4. The Labute approximate surface area is 120 Å². The molecule has 1 fully saturated rings. The van der Waals surface area contributed by atoms with Gasteiger partial charge in [-0.3, -0.25) is 10.1 Å². The van der Waals surface area contributed by atoms with Crippen LogP contribution >= 0.6 is 0 Å². The molecule has 0 saturated heterocycles. The van der Waals surface area contributed by atoms with E-state index in [-0.39, 0.29) is 5.69 Å². The van der Waals surface area contributed by atoms with E-state index in [0.717, 1.165) is 12.8 Å². The highest BCUT2D eigenvalue weighted by atomic mass is 16.6. The Bertz CT molecular complexity index is 713. The summed E-state index contributed by atoms with van der Waals surface area (Å²) in [6, 6.07) is 6.10. The van der Waals surface area contributed by atoms with Gasteiger partial charge < -0.3 is 10.5 Å². The highest BCUT2D eigenvalue weighted by molar-refractivity contribution is 5.45. The van der Waals surface area contributed by atoms with Gasteiger partial charge in [-0.05, 0) is 31.9 Å². The van der Waals surface area contributed by atoms with Gasteiger partial charge in [0.15, 0.2) is 0 Å². The molecule has 0 radical (unpaired) electrons. The first-order chi connectivity index (χ1) is 10.0. The van der Waals surface area contributed by atoms with E-state index in [1.807, 2.05) is 0 Å². The third-order valence-corrected chi connectivity index (χ3v) is 3.27. The molecule has 0 amide bonds. The summed E-state index contributed by atoms with van der Waals surface area (Å²) in [6.45, 7) is 1.66. The van der Waals surface area contributed by atoms with Gasteiger partial charge in [-0.1, -0.05) is 0 Å². The van der Waals surface area contributed by atoms with Crippen molar-refractivity contribution in [2.24, 2.45) is 0 Å². The van der Waals surface area contributed by atoms with Crippen molar-refractivity contribution >= 4 is 11.5 Å². The maximum absolute atomic E-state index is 10.8. The van der Waals surface area contributed by atoms with E-state index in [2.05, 4.69) is 9.97 Å². The van der Waals surface area contributed by atoms with Crippen molar-refractivity contribution in [3.05, 3.63) is 45.8 Å². The van der Waals surface area contributed by atoms with E-state index in [9.17, 15) is 10.1 Å². The lowest BCUT2D eigenvalue weighted by molar-refractivity contribution is -0.385. The minimum Gasteiger partial charge on any atom is -0.439 e. The molecule has 1 aliphatic carbocycles. The molecule has 1 aromatic carbocycles. The van der Waals surface area contributed by atoms with Crippen LogP contribution in [-0.4, -0.2) is 14.9 Å². The van der Waals surface area contributed by atoms with Crippen molar-refractivity contribution in [2.75, 3.05) is 5.73 Å². The van der Waals surface area contributed by atoms with E-state index in [4.69, 9.17) is 10.5 Å². The standard InChI is InChI=1S/C14H14N4O3/c1-8-6-10(4-5-11(8)18(19)20)21-13-7-12(15)16-14(17-13)9-2-3-9/h4-7,9H,2-3H2,1H3,(H2,15,16,17). The number of aromatic nitrogens is 2. The number of rotatable bonds is 4. The fourth-order valence-corrected chi connectivity index (χ4v) is 2.05. The summed E-state index contributed by atoms with van der Waals surface area (Å²) in [5.74, 6) is 2.27. The lowest BCUT2D eigenvalue weighted by Crippen LogP contribution is -2.00. The van der Waals surface area contributed by atoms with Gasteiger partial charge in [0.2, 0.25) is 5.88 Å². The fraction of sp³-hybridized carbons (Fsp3) is 0.286. The molecular weight excluding hydrogens is 272 g/mol. The fourth-order valence-electron chi connectivity index (χ4n) is 2.05. The van der Waals surface area contributed by atoms with Crippen LogP contribution in [0.4, 0.5) is 11.5 Å². The summed E-state index contributed by atoms with van der Waals surface area (Å²) in [7, 11) is 0. The number of nitrogens with zero attached hydrogens (tertiary/aromatic N) is 3. The summed E-state index contributed by atoms with van der Waals surface area (Å²) in [5.41, 5.74) is 6.34. The summed E-state index contributed by atoms with van der Waals surface area (Å²) in [4.78, 5) is 18.9. The largest absolute Gasteiger partial charge is 0.439 e. The quantitative estimate of drug-likeness (QED) is 0.684. The molecule has 21 heavy (non-hydrogen) atoms. The first kappa shape index (κ1) is 13.3. The van der Waals surface area contributed by atoms with Crippen molar-refractivity contribution in [3.63, 3.8) is 0 Å². The first-order valence-corrected chi connectivity index (χ1v) is 6.60. The number of ether oxygens (including phenoxy) is 1. The zero-order valence-electron chi connectivity index (χ0n) is 11.4. The summed E-state index contributed by atoms with van der Waals surface area (Å²) in [5, 5.41) is 10.8. The van der Waals surface area contributed by atoms with Crippen LogP contribution in [0.2, 0.25) is 0 Å². The number of hydrogen-bond acceptors (Lipinski definition) is 6. The van der Waals surface area contributed by atoms with Crippen LogP contribution in [0.25, 0.3) is 0 Å². The number of aryl methyl sites for hydroxylation is 1. The second-order valence-corrected chi connectivity index (χ2v) is 5.07. The molecule has 2 aromatic rings. The Balaban J connectivity index is 1.86. The number of nitrogen functional groups attached to an aromatic ring is 1. The van der Waals surface area contributed by atoms with Crippen LogP contribution in [0.3, 0.4) is 0 Å². The van der Waals surface area contributed by atoms with Crippen LogP contribution < -0.4 is 10.5 Å². The summed E-state index contributed by atoms with van der Waals surface area (Å²) >= 11 is 0. The minimum atomic E-state index is -0.424. The van der Waals surface area contributed by atoms with Gasteiger partial charge in [0.05, 0.1) is 4.92 Å². The highest BCUT2D eigenvalue weighted by Gasteiger charge is 2.27. The predicted octanol–water partition coefficient (Wildman–Crippen LogP) is 2.95. The molecule has 7 nitrogen and oxygen atoms in total. The van der Waals surface area contributed by atoms with Crippen molar-refractivity contribution < 1.29 is 9.66 Å². The third-order valence-electron chi connectivity index (χ3n) is 3.27. The van der Waals surface area contributed by atoms with Gasteiger partial charge in [-0.2, -0.15) is 4.98 Å². The Morgan fingerprint density at radius 1 is 1.33 bits per heavy atom. The lowest BCUT2D eigenvalue weighted by atomic mass is 10.2. The molecule has 0 spiro atoms. The Kier molecular flexibility index (Phi) is 3.17. The van der Waals surface area contributed by atoms with Crippen molar-refractivity contribution in [2.45, 2.75) is 25.7 Å². The van der Waals surface area contributed by atoms with Crippen molar-refractivity contribution in [3.8, 4) is 11.6 Å². The Hall–Kier alpha value is -2.70. The molecule has 1 saturated carbocycles. The van der Waals surface area contributed by atoms with Crippen LogP contribution in [0.5, 0.6) is 11.6 Å². The number of hydrogen-bond donors (Lipinski definition) is 1. The van der Waals surface area contributed by atoms with Crippen LogP contribution in [0, 0.1) is 17.0 Å². The third kappa shape index (κ3) is 2.91. The van der Waals surface area contributed by atoms with E-state index in [1.165, 1.54) is 6.07 Å². The number of nitro benzene ring substituents is 1. The second kappa shape index (κ2) is 5.01. The minimum absolute atomic E-state index is 0.0585. The molecule has 1 heterocycles. The average molecular weight is 286 g/mol. The number of benzene rings is 1. The monoisotopic (exact) mass is 286 g/mol. The first-order valence-electron chi connectivity index (χ1n) is 6.60. The molecule has 7 heteroatoms. The smallest absolute Gasteiger partial charge is 0.272 e. The molecule has 3 rings (SSSR count). The maximum Gasteiger partial charge on any atom is 0.272 e. The normalized spacial score (nSPS) is 14.0. The van der Waals surface area contributed by atoms with Gasteiger partial charge in [0.25, 0.3) is 5.69 Å². The van der Waals surface area contributed by atoms with Gasteiger partial charge in [-0.25, -0.2) is 4.98 Å². The van der Waals surface area contributed by atoms with E-state index >= 15 is 0 Å². The highest BCUT2D eigenvalue weighted by Crippen LogP contribution is 2.39. The summed E-state index contributed by atoms with van der Waals surface area (Å²) < 4.78 is 5.64. The van der Waals surface area contributed by atoms with E-state index in [1.54, 1.807) is 25.1 Å². The number of anilines is 1. The topological polar surface area (TPSA) is 104 Å². The zero-order chi connectivity index (χ0) is 15.0. The average Bonchev–Trinajstić information content (AvgIpc) is 3.21. The number of nitro groups is 1. The van der Waals surface area contributed by atoms with Gasteiger partial charge in [-0.15, -0.1) is 0 Å². The van der Waals surface area contributed by atoms with Gasteiger partial charge >= 0.3 is 0 Å². The molecule has 108 valence electrons. The van der Waals surface area contributed by atoms with Crippen molar-refractivity contribution in [1.29, 1.82) is 0 Å². The molecule has 1 aliphatic rings. The van der Waals surface area contributed by atoms with E-state index < -0.39 is 4.92 Å². The van der Waals surface area contributed by atoms with Gasteiger partial charge in [0, 0.05) is 23.6 Å². The van der Waals surface area contributed by atoms with Crippen LogP contribution in [-0.2, 0) is 0 Å². The second-order valence-electron chi connectivity index (χ2n) is 5.07. The van der Waals surface area contributed by atoms with Crippen LogP contribution in [0.15, 0.2) is 24.3 Å². The molecule has 0 unspecified atom stereocenters. The maximum atomic E-state index is 10.8. The molecule has 0 aliphatic heterocycles.